The second kappa shape index (κ2) is 9.41. The van der Waals surface area contributed by atoms with Crippen molar-refractivity contribution in [3.8, 4) is 11.5 Å². The van der Waals surface area contributed by atoms with Crippen LogP contribution in [0.3, 0.4) is 0 Å². The fourth-order valence-corrected chi connectivity index (χ4v) is 2.00. The first-order valence-electron chi connectivity index (χ1n) is 7.51. The third-order valence-electron chi connectivity index (χ3n) is 3.05. The maximum Gasteiger partial charge on any atom is 0.387 e. The van der Waals surface area contributed by atoms with Gasteiger partial charge >= 0.3 is 13.2 Å². The summed E-state index contributed by atoms with van der Waals surface area (Å²) in [5, 5.41) is 4.85. The van der Waals surface area contributed by atoms with Crippen LogP contribution in [0.25, 0.3) is 0 Å². The molecule has 0 saturated carbocycles. The summed E-state index contributed by atoms with van der Waals surface area (Å²) in [6.45, 7) is -5.91. The summed E-state index contributed by atoms with van der Waals surface area (Å²) in [6.07, 6.45) is -0.509. The van der Waals surface area contributed by atoms with Gasteiger partial charge in [-0.05, 0) is 48.5 Å². The van der Waals surface area contributed by atoms with Crippen LogP contribution in [-0.2, 0) is 9.59 Å². The van der Waals surface area contributed by atoms with E-state index in [-0.39, 0.29) is 11.5 Å². The van der Waals surface area contributed by atoms with Crippen molar-refractivity contribution in [3.63, 3.8) is 0 Å². The molecule has 10 heteroatoms. The summed E-state index contributed by atoms with van der Waals surface area (Å²) in [5.41, 5.74) is 0.589. The molecule has 0 aromatic heterocycles. The van der Waals surface area contributed by atoms with E-state index in [0.717, 1.165) is 0 Å². The van der Waals surface area contributed by atoms with Crippen molar-refractivity contribution in [1.29, 1.82) is 0 Å². The molecule has 0 atom stereocenters. The van der Waals surface area contributed by atoms with E-state index in [2.05, 4.69) is 20.1 Å². The molecule has 0 spiro atoms. The molecule has 0 aliphatic heterocycles. The van der Waals surface area contributed by atoms with Gasteiger partial charge in [0.2, 0.25) is 11.8 Å². The maximum absolute atomic E-state index is 12.1. The highest BCUT2D eigenvalue weighted by Gasteiger charge is 2.11. The molecule has 0 unspecified atom stereocenters. The van der Waals surface area contributed by atoms with E-state index in [4.69, 9.17) is 0 Å². The maximum atomic E-state index is 12.1. The minimum Gasteiger partial charge on any atom is -0.435 e. The van der Waals surface area contributed by atoms with Gasteiger partial charge in [0.15, 0.2) is 0 Å². The second-order valence-corrected chi connectivity index (χ2v) is 5.08. The molecule has 0 bridgehead atoms. The zero-order chi connectivity index (χ0) is 19.8. The zero-order valence-electron chi connectivity index (χ0n) is 13.6. The Morgan fingerprint density at radius 3 is 1.33 bits per heavy atom. The van der Waals surface area contributed by atoms with Crippen molar-refractivity contribution in [3.05, 3.63) is 48.5 Å². The van der Waals surface area contributed by atoms with Crippen LogP contribution < -0.4 is 20.1 Å². The Kier molecular flexibility index (Phi) is 6.98. The predicted molar refractivity (Wildman–Crippen MR) is 88.0 cm³/mol. The first-order valence-corrected chi connectivity index (χ1v) is 7.51. The first kappa shape index (κ1) is 20.0. The number of ether oxygens (including phenoxy) is 2. The molecule has 0 fully saturated rings. The van der Waals surface area contributed by atoms with Crippen LogP contribution in [-0.4, -0.2) is 25.0 Å². The average Bonchev–Trinajstić information content (AvgIpc) is 2.57. The molecule has 144 valence electrons. The third kappa shape index (κ3) is 7.22. The van der Waals surface area contributed by atoms with Crippen LogP contribution in [0.1, 0.15) is 6.42 Å². The standard InChI is InChI=1S/C17H14F4N2O4/c18-16(19)26-12-5-1-10(2-6-12)22-14(24)9-15(25)23-11-3-7-13(8-4-11)27-17(20)21/h1-8,16-17H,9H2,(H,22,24)(H,23,25). The molecule has 0 heterocycles. The largest absolute Gasteiger partial charge is 0.435 e. The lowest BCUT2D eigenvalue weighted by Gasteiger charge is -2.09. The smallest absolute Gasteiger partial charge is 0.387 e. The van der Waals surface area contributed by atoms with Gasteiger partial charge in [-0.1, -0.05) is 0 Å². The lowest BCUT2D eigenvalue weighted by molar-refractivity contribution is -0.123. The van der Waals surface area contributed by atoms with E-state index in [0.29, 0.717) is 11.4 Å². The number of rotatable bonds is 8. The van der Waals surface area contributed by atoms with E-state index >= 15 is 0 Å². The third-order valence-corrected chi connectivity index (χ3v) is 3.05. The van der Waals surface area contributed by atoms with Gasteiger partial charge < -0.3 is 20.1 Å². The molecule has 2 N–H and O–H groups in total. The molecular weight excluding hydrogens is 372 g/mol. The average molecular weight is 386 g/mol. The highest BCUT2D eigenvalue weighted by molar-refractivity contribution is 6.08. The second-order valence-electron chi connectivity index (χ2n) is 5.08. The molecule has 2 amide bonds. The minimum atomic E-state index is -2.95. The van der Waals surface area contributed by atoms with Crippen LogP contribution in [0.15, 0.2) is 48.5 Å². The zero-order valence-corrected chi connectivity index (χ0v) is 13.6. The van der Waals surface area contributed by atoms with Gasteiger partial charge in [0, 0.05) is 11.4 Å². The molecule has 0 saturated heterocycles. The quantitative estimate of drug-likeness (QED) is 0.534. The Balaban J connectivity index is 1.82. The molecule has 0 aliphatic rings. The lowest BCUT2D eigenvalue weighted by Crippen LogP contribution is -2.21. The Labute approximate surface area is 151 Å². The molecule has 6 nitrogen and oxygen atoms in total. The van der Waals surface area contributed by atoms with E-state index in [9.17, 15) is 27.2 Å². The Morgan fingerprint density at radius 1 is 0.704 bits per heavy atom. The number of nitrogens with one attached hydrogen (secondary N) is 2. The lowest BCUT2D eigenvalue weighted by atomic mass is 10.2. The van der Waals surface area contributed by atoms with Crippen LogP contribution >= 0.6 is 0 Å². The number of anilines is 2. The Bertz CT molecular complexity index is 702. The highest BCUT2D eigenvalue weighted by Crippen LogP contribution is 2.19. The van der Waals surface area contributed by atoms with Gasteiger partial charge in [-0.25, -0.2) is 0 Å². The number of carbonyl (C=O) groups is 2. The van der Waals surface area contributed by atoms with E-state index < -0.39 is 31.5 Å². The fourth-order valence-electron chi connectivity index (χ4n) is 2.00. The number of halogens is 4. The van der Waals surface area contributed by atoms with E-state index in [1.165, 1.54) is 48.5 Å². The summed E-state index contributed by atoms with van der Waals surface area (Å²) in [7, 11) is 0. The normalized spacial score (nSPS) is 10.6. The van der Waals surface area contributed by atoms with Crippen LogP contribution in [0.4, 0.5) is 28.9 Å². The monoisotopic (exact) mass is 386 g/mol. The van der Waals surface area contributed by atoms with Gasteiger partial charge in [0.25, 0.3) is 0 Å². The summed E-state index contributed by atoms with van der Waals surface area (Å²) in [4.78, 5) is 23.6. The Hall–Kier alpha value is -3.30. The van der Waals surface area contributed by atoms with Crippen molar-refractivity contribution in [2.45, 2.75) is 19.6 Å². The van der Waals surface area contributed by atoms with Crippen molar-refractivity contribution in [1.82, 2.24) is 0 Å². The number of carbonyl (C=O) groups excluding carboxylic acids is 2. The van der Waals surface area contributed by atoms with Crippen molar-refractivity contribution in [2.75, 3.05) is 10.6 Å². The number of alkyl halides is 4. The topological polar surface area (TPSA) is 76.7 Å². The van der Waals surface area contributed by atoms with Crippen molar-refractivity contribution in [2.24, 2.45) is 0 Å². The Morgan fingerprint density at radius 2 is 1.04 bits per heavy atom. The van der Waals surface area contributed by atoms with Gasteiger partial charge in [-0.15, -0.1) is 0 Å². The molecule has 0 aliphatic carbocycles. The molecule has 2 rings (SSSR count). The van der Waals surface area contributed by atoms with Gasteiger partial charge in [0.1, 0.15) is 17.9 Å². The summed E-state index contributed by atoms with van der Waals surface area (Å²) in [6, 6.07) is 10.3. The number of hydrogen-bond donors (Lipinski definition) is 2. The predicted octanol–water partition coefficient (Wildman–Crippen LogP) is 3.86. The van der Waals surface area contributed by atoms with Gasteiger partial charge in [-0.3, -0.25) is 9.59 Å². The van der Waals surface area contributed by atoms with E-state index in [1.54, 1.807) is 0 Å². The molecule has 0 radical (unpaired) electrons. The highest BCUT2D eigenvalue weighted by atomic mass is 19.3. The molecule has 2 aromatic rings. The van der Waals surface area contributed by atoms with Crippen LogP contribution in [0, 0.1) is 0 Å². The van der Waals surface area contributed by atoms with Crippen LogP contribution in [0.5, 0.6) is 11.5 Å². The molecule has 27 heavy (non-hydrogen) atoms. The fraction of sp³-hybridized carbons (Fsp3) is 0.176. The number of amides is 2. The number of benzene rings is 2. The summed E-state index contributed by atoms with van der Waals surface area (Å²) >= 11 is 0. The summed E-state index contributed by atoms with van der Waals surface area (Å²) < 4.78 is 56.6. The van der Waals surface area contributed by atoms with Crippen LogP contribution in [0.2, 0.25) is 0 Å². The summed E-state index contributed by atoms with van der Waals surface area (Å²) in [5.74, 6) is -1.40. The SMILES string of the molecule is O=C(CC(=O)Nc1ccc(OC(F)F)cc1)Nc1ccc(OC(F)F)cc1. The van der Waals surface area contributed by atoms with Gasteiger partial charge in [-0.2, -0.15) is 17.6 Å². The molecule has 2 aromatic carbocycles. The molecular formula is C17H14F4N2O4. The van der Waals surface area contributed by atoms with Crippen molar-refractivity contribution < 1.29 is 36.6 Å². The van der Waals surface area contributed by atoms with Gasteiger partial charge in [0.05, 0.1) is 0 Å². The minimum absolute atomic E-state index is 0.0694. The van der Waals surface area contributed by atoms with E-state index in [1.807, 2.05) is 0 Å². The number of hydrogen-bond acceptors (Lipinski definition) is 4. The van der Waals surface area contributed by atoms with Crippen molar-refractivity contribution >= 4 is 23.2 Å². The first-order chi connectivity index (χ1) is 12.8.